The van der Waals surface area contributed by atoms with Crippen LogP contribution >= 0.6 is 34.8 Å². The maximum atomic E-state index is 6.45. The number of allylic oxidation sites excluding steroid dienone is 2. The van der Waals surface area contributed by atoms with E-state index >= 15 is 0 Å². The van der Waals surface area contributed by atoms with Crippen LogP contribution in [-0.4, -0.2) is 0 Å². The van der Waals surface area contributed by atoms with Crippen LogP contribution in [0.25, 0.3) is 0 Å². The van der Waals surface area contributed by atoms with Gasteiger partial charge in [-0.2, -0.15) is 0 Å². The molecule has 0 spiro atoms. The number of halogens is 3. The second-order valence-electron chi connectivity index (χ2n) is 5.85. The minimum absolute atomic E-state index is 0.163. The number of nitrogens with one attached hydrogen (secondary N) is 1. The van der Waals surface area contributed by atoms with Crippen molar-refractivity contribution >= 4 is 40.5 Å². The number of hydrogen-bond donors (Lipinski definition) is 1. The maximum absolute atomic E-state index is 6.45. The Morgan fingerprint density at radius 3 is 2.64 bits per heavy atom. The summed E-state index contributed by atoms with van der Waals surface area (Å²) in [6, 6.07) is 12.0. The highest BCUT2D eigenvalue weighted by Crippen LogP contribution is 2.53. The van der Waals surface area contributed by atoms with E-state index in [4.69, 9.17) is 34.8 Å². The summed E-state index contributed by atoms with van der Waals surface area (Å²) in [7, 11) is 0. The van der Waals surface area contributed by atoms with Gasteiger partial charge in [0.25, 0.3) is 0 Å². The van der Waals surface area contributed by atoms with Gasteiger partial charge in [-0.15, -0.1) is 0 Å². The summed E-state index contributed by atoms with van der Waals surface area (Å²) in [6.07, 6.45) is 5.51. The van der Waals surface area contributed by atoms with Gasteiger partial charge in [-0.25, -0.2) is 0 Å². The molecule has 0 fully saturated rings. The van der Waals surface area contributed by atoms with Gasteiger partial charge in [0.1, 0.15) is 0 Å². The first-order valence-electron chi connectivity index (χ1n) is 7.31. The largest absolute Gasteiger partial charge is 0.378 e. The Balaban J connectivity index is 1.86. The van der Waals surface area contributed by atoms with E-state index < -0.39 is 0 Å². The van der Waals surface area contributed by atoms with Crippen LogP contribution < -0.4 is 5.32 Å². The predicted molar refractivity (Wildman–Crippen MR) is 94.3 cm³/mol. The van der Waals surface area contributed by atoms with Gasteiger partial charge in [0.2, 0.25) is 0 Å². The molecule has 112 valence electrons. The zero-order valence-corrected chi connectivity index (χ0v) is 14.0. The Hall–Kier alpha value is -1.15. The van der Waals surface area contributed by atoms with Crippen molar-refractivity contribution in [3.05, 3.63) is 74.7 Å². The van der Waals surface area contributed by atoms with E-state index in [0.29, 0.717) is 16.9 Å². The van der Waals surface area contributed by atoms with Gasteiger partial charge in [-0.05, 0) is 36.1 Å². The maximum Gasteiger partial charge on any atom is 0.0568 e. The molecular weight excluding hydrogens is 337 g/mol. The molecule has 0 aromatic heterocycles. The average Bonchev–Trinajstić information content (AvgIpc) is 2.95. The van der Waals surface area contributed by atoms with E-state index in [-0.39, 0.29) is 6.04 Å². The molecule has 2 aromatic rings. The summed E-state index contributed by atoms with van der Waals surface area (Å²) in [5, 5.41) is 5.79. The number of benzene rings is 2. The van der Waals surface area contributed by atoms with Gasteiger partial charge < -0.3 is 5.32 Å². The first-order chi connectivity index (χ1) is 10.6. The topological polar surface area (TPSA) is 12.0 Å². The standard InChI is InChI=1S/C18H14Cl3N/c19-10-8-15(21)17-11-5-3-6-12(11)18(22-16(17)9-10)13-4-1-2-7-14(13)20/h1-5,7-9,11-12,18,22H,6H2/t11-,12-,18-/m0/s1. The molecule has 0 radical (unpaired) electrons. The summed E-state index contributed by atoms with van der Waals surface area (Å²) in [6.45, 7) is 0. The van der Waals surface area contributed by atoms with Gasteiger partial charge in [0.15, 0.2) is 0 Å². The van der Waals surface area contributed by atoms with Crippen LogP contribution in [0.2, 0.25) is 15.1 Å². The monoisotopic (exact) mass is 349 g/mol. The van der Waals surface area contributed by atoms with Crippen LogP contribution in [0.15, 0.2) is 48.6 Å². The molecule has 0 bridgehead atoms. The normalized spacial score (nSPS) is 25.5. The first kappa shape index (κ1) is 14.4. The predicted octanol–water partition coefficient (Wildman–Crippen LogP) is 6.47. The molecule has 0 saturated heterocycles. The number of rotatable bonds is 1. The molecule has 4 rings (SSSR count). The van der Waals surface area contributed by atoms with E-state index in [0.717, 1.165) is 33.3 Å². The van der Waals surface area contributed by atoms with E-state index in [9.17, 15) is 0 Å². The van der Waals surface area contributed by atoms with Crippen molar-refractivity contribution in [2.75, 3.05) is 5.32 Å². The van der Waals surface area contributed by atoms with Crippen LogP contribution in [0.3, 0.4) is 0 Å². The summed E-state index contributed by atoms with van der Waals surface area (Å²) in [5.41, 5.74) is 3.29. The minimum atomic E-state index is 0.163. The Bertz CT molecular complexity index is 769. The van der Waals surface area contributed by atoms with E-state index in [2.05, 4.69) is 23.5 Å². The third-order valence-corrected chi connectivity index (χ3v) is 5.50. The van der Waals surface area contributed by atoms with Crippen molar-refractivity contribution in [3.63, 3.8) is 0 Å². The Morgan fingerprint density at radius 1 is 1.00 bits per heavy atom. The Kier molecular flexibility index (Phi) is 3.60. The highest BCUT2D eigenvalue weighted by Gasteiger charge is 2.39. The number of hydrogen-bond acceptors (Lipinski definition) is 1. The fraction of sp³-hybridized carbons (Fsp3) is 0.222. The molecule has 0 unspecified atom stereocenters. The molecule has 0 saturated carbocycles. The van der Waals surface area contributed by atoms with Gasteiger partial charge in [-0.1, -0.05) is 65.2 Å². The molecule has 1 N–H and O–H groups in total. The first-order valence-corrected chi connectivity index (χ1v) is 8.45. The summed E-state index contributed by atoms with van der Waals surface area (Å²) < 4.78 is 0. The van der Waals surface area contributed by atoms with E-state index in [1.807, 2.05) is 30.3 Å². The minimum Gasteiger partial charge on any atom is -0.378 e. The molecule has 1 aliphatic carbocycles. The van der Waals surface area contributed by atoms with Crippen LogP contribution in [0, 0.1) is 5.92 Å². The smallest absolute Gasteiger partial charge is 0.0568 e. The van der Waals surface area contributed by atoms with E-state index in [1.165, 1.54) is 0 Å². The van der Waals surface area contributed by atoms with E-state index in [1.54, 1.807) is 0 Å². The van der Waals surface area contributed by atoms with Crippen LogP contribution in [-0.2, 0) is 0 Å². The van der Waals surface area contributed by atoms with Crippen molar-refractivity contribution in [2.45, 2.75) is 18.4 Å². The SMILES string of the molecule is Clc1cc(Cl)c2c(c1)N[C@H](c1ccccc1Cl)[C@H]1CC=C[C@H]21. The molecule has 2 aromatic carbocycles. The Morgan fingerprint density at radius 2 is 1.82 bits per heavy atom. The van der Waals surface area contributed by atoms with Crippen LogP contribution in [0.1, 0.15) is 29.5 Å². The average molecular weight is 351 g/mol. The molecular formula is C18H14Cl3N. The summed E-state index contributed by atoms with van der Waals surface area (Å²) in [5.74, 6) is 0.730. The number of anilines is 1. The molecule has 4 heteroatoms. The fourth-order valence-electron chi connectivity index (χ4n) is 3.68. The lowest BCUT2D eigenvalue weighted by molar-refractivity contribution is 0.426. The lowest BCUT2D eigenvalue weighted by atomic mass is 9.77. The van der Waals surface area contributed by atoms with Gasteiger partial charge in [-0.3, -0.25) is 0 Å². The van der Waals surface area contributed by atoms with Crippen molar-refractivity contribution in [2.24, 2.45) is 5.92 Å². The van der Waals surface area contributed by atoms with Crippen molar-refractivity contribution < 1.29 is 0 Å². The molecule has 1 aliphatic heterocycles. The zero-order chi connectivity index (χ0) is 15.3. The molecule has 3 atom stereocenters. The Labute approximate surface area is 144 Å². The number of fused-ring (bicyclic) bond motifs is 3. The second kappa shape index (κ2) is 5.49. The third-order valence-electron chi connectivity index (χ3n) is 4.62. The quantitative estimate of drug-likeness (QED) is 0.581. The van der Waals surface area contributed by atoms with Crippen molar-refractivity contribution in [1.82, 2.24) is 0 Å². The van der Waals surface area contributed by atoms with Crippen LogP contribution in [0.5, 0.6) is 0 Å². The lowest BCUT2D eigenvalue weighted by Gasteiger charge is -2.38. The lowest BCUT2D eigenvalue weighted by Crippen LogP contribution is -2.29. The highest BCUT2D eigenvalue weighted by molar-refractivity contribution is 6.35. The fourth-order valence-corrected chi connectivity index (χ4v) is 4.55. The van der Waals surface area contributed by atoms with Gasteiger partial charge in [0.05, 0.1) is 6.04 Å². The molecule has 22 heavy (non-hydrogen) atoms. The van der Waals surface area contributed by atoms with Crippen molar-refractivity contribution in [1.29, 1.82) is 0 Å². The van der Waals surface area contributed by atoms with Crippen LogP contribution in [0.4, 0.5) is 5.69 Å². The zero-order valence-electron chi connectivity index (χ0n) is 11.7. The second-order valence-corrected chi connectivity index (χ2v) is 7.10. The summed E-state index contributed by atoms with van der Waals surface area (Å²) >= 11 is 19.1. The molecule has 0 amide bonds. The van der Waals surface area contributed by atoms with Gasteiger partial charge in [0, 0.05) is 32.2 Å². The summed E-state index contributed by atoms with van der Waals surface area (Å²) in [4.78, 5) is 0. The van der Waals surface area contributed by atoms with Crippen molar-refractivity contribution in [3.8, 4) is 0 Å². The van der Waals surface area contributed by atoms with Gasteiger partial charge >= 0.3 is 0 Å². The third kappa shape index (κ3) is 2.23. The molecule has 1 nitrogen and oxygen atoms in total. The highest BCUT2D eigenvalue weighted by atomic mass is 35.5. The molecule has 1 heterocycles. The molecule has 2 aliphatic rings.